The first kappa shape index (κ1) is 20.2. The number of hydrogen-bond donors (Lipinski definition) is 1. The van der Waals surface area contributed by atoms with Crippen LogP contribution in [0.4, 0.5) is 0 Å². The Morgan fingerprint density at radius 3 is 2.72 bits per heavy atom. The minimum absolute atomic E-state index is 0.692. The van der Waals surface area contributed by atoms with Gasteiger partial charge < -0.3 is 19.5 Å². The molecule has 7 nitrogen and oxygen atoms in total. The maximum absolute atomic E-state index is 5.85. The number of fused-ring (bicyclic) bond motifs is 1. The Balaban J connectivity index is 1.30. The lowest BCUT2D eigenvalue weighted by molar-refractivity contribution is 0.0372. The molecule has 1 fully saturated rings. The third-order valence-electron chi connectivity index (χ3n) is 5.42. The molecule has 1 N–H and O–H groups in total. The topological polar surface area (TPSA) is 60.8 Å². The molecular formula is C22H32N4O3. The van der Waals surface area contributed by atoms with E-state index in [-0.39, 0.29) is 0 Å². The molecule has 0 bridgehead atoms. The molecule has 0 atom stereocenters. The second kappa shape index (κ2) is 10.1. The van der Waals surface area contributed by atoms with Crippen LogP contribution in [0.2, 0.25) is 0 Å². The minimum atomic E-state index is 0.692. The van der Waals surface area contributed by atoms with Crippen molar-refractivity contribution < 1.29 is 14.2 Å². The fourth-order valence-corrected chi connectivity index (χ4v) is 3.85. The van der Waals surface area contributed by atoms with E-state index in [4.69, 9.17) is 19.3 Å². The van der Waals surface area contributed by atoms with Crippen LogP contribution < -0.4 is 14.8 Å². The molecule has 2 aromatic rings. The normalized spacial score (nSPS) is 17.3. The van der Waals surface area contributed by atoms with Crippen molar-refractivity contribution in [1.29, 1.82) is 0 Å². The van der Waals surface area contributed by atoms with Crippen molar-refractivity contribution in [1.82, 2.24) is 20.0 Å². The molecule has 1 aromatic carbocycles. The lowest BCUT2D eigenvalue weighted by Crippen LogP contribution is -2.37. The number of hydrogen-bond acceptors (Lipinski definition) is 6. The maximum atomic E-state index is 5.85. The van der Waals surface area contributed by atoms with Gasteiger partial charge in [0.05, 0.1) is 32.1 Å². The van der Waals surface area contributed by atoms with Crippen LogP contribution in [-0.4, -0.2) is 67.3 Å². The molecule has 2 aliphatic heterocycles. The number of nitrogens with zero attached hydrogens (tertiary/aromatic N) is 3. The maximum Gasteiger partial charge on any atom is 0.161 e. The van der Waals surface area contributed by atoms with E-state index >= 15 is 0 Å². The summed E-state index contributed by atoms with van der Waals surface area (Å²) in [6.45, 7) is 8.29. The van der Waals surface area contributed by atoms with Crippen LogP contribution in [-0.2, 0) is 18.3 Å². The highest BCUT2D eigenvalue weighted by molar-refractivity contribution is 5.66. The smallest absolute Gasteiger partial charge is 0.161 e. The van der Waals surface area contributed by atoms with Gasteiger partial charge in [0, 0.05) is 50.4 Å². The average Bonchev–Trinajstić information content (AvgIpc) is 2.96. The van der Waals surface area contributed by atoms with E-state index in [1.54, 1.807) is 0 Å². The highest BCUT2D eigenvalue weighted by Gasteiger charge is 2.15. The fraction of sp³-hybridized carbons (Fsp3) is 0.591. The number of aryl methyl sites for hydroxylation is 1. The van der Waals surface area contributed by atoms with Gasteiger partial charge in [-0.3, -0.25) is 9.58 Å². The first-order valence-electron chi connectivity index (χ1n) is 10.7. The third-order valence-corrected chi connectivity index (χ3v) is 5.42. The summed E-state index contributed by atoms with van der Waals surface area (Å²) in [7, 11) is 1.97. The van der Waals surface area contributed by atoms with Crippen LogP contribution in [0.15, 0.2) is 24.4 Å². The van der Waals surface area contributed by atoms with Gasteiger partial charge in [-0.2, -0.15) is 5.10 Å². The number of rotatable bonds is 8. The van der Waals surface area contributed by atoms with Crippen LogP contribution in [0.3, 0.4) is 0 Å². The van der Waals surface area contributed by atoms with Crippen molar-refractivity contribution in [2.75, 3.05) is 52.6 Å². The molecule has 0 unspecified atom stereocenters. The average molecular weight is 401 g/mol. The zero-order valence-electron chi connectivity index (χ0n) is 17.4. The van der Waals surface area contributed by atoms with Gasteiger partial charge in [0.15, 0.2) is 11.5 Å². The summed E-state index contributed by atoms with van der Waals surface area (Å²) in [5, 5.41) is 8.27. The summed E-state index contributed by atoms with van der Waals surface area (Å²) in [6.07, 6.45) is 5.40. The second-order valence-corrected chi connectivity index (χ2v) is 7.73. The quantitative estimate of drug-likeness (QED) is 0.687. The molecule has 0 spiro atoms. The molecule has 4 rings (SSSR count). The molecule has 0 saturated carbocycles. The van der Waals surface area contributed by atoms with E-state index in [1.165, 1.54) is 24.9 Å². The Kier molecular flexibility index (Phi) is 7.03. The first-order chi connectivity index (χ1) is 14.3. The Labute approximate surface area is 172 Å². The SMILES string of the molecule is Cn1cc(CNCCCCN2CCOCC2)c(-c2ccc3c(c2)OCCCO3)n1. The zero-order valence-corrected chi connectivity index (χ0v) is 17.4. The first-order valence-corrected chi connectivity index (χ1v) is 10.7. The Hall–Kier alpha value is -2.09. The molecule has 1 saturated heterocycles. The van der Waals surface area contributed by atoms with Crippen molar-refractivity contribution in [3.8, 4) is 22.8 Å². The van der Waals surface area contributed by atoms with E-state index in [0.717, 1.165) is 68.6 Å². The van der Waals surface area contributed by atoms with Crippen LogP contribution in [0.5, 0.6) is 11.5 Å². The van der Waals surface area contributed by atoms with Gasteiger partial charge in [-0.25, -0.2) is 0 Å². The van der Waals surface area contributed by atoms with Gasteiger partial charge in [-0.05, 0) is 44.1 Å². The highest BCUT2D eigenvalue weighted by atomic mass is 16.5. The summed E-state index contributed by atoms with van der Waals surface area (Å²) in [5.41, 5.74) is 3.28. The second-order valence-electron chi connectivity index (χ2n) is 7.73. The Morgan fingerprint density at radius 1 is 1.03 bits per heavy atom. The highest BCUT2D eigenvalue weighted by Crippen LogP contribution is 2.34. The van der Waals surface area contributed by atoms with Gasteiger partial charge >= 0.3 is 0 Å². The van der Waals surface area contributed by atoms with E-state index in [2.05, 4.69) is 28.5 Å². The summed E-state index contributed by atoms with van der Waals surface area (Å²) in [5.74, 6) is 1.63. The van der Waals surface area contributed by atoms with Crippen LogP contribution >= 0.6 is 0 Å². The molecule has 0 radical (unpaired) electrons. The van der Waals surface area contributed by atoms with Crippen molar-refractivity contribution in [2.45, 2.75) is 25.8 Å². The van der Waals surface area contributed by atoms with E-state index < -0.39 is 0 Å². The van der Waals surface area contributed by atoms with Crippen LogP contribution in [0.1, 0.15) is 24.8 Å². The zero-order chi connectivity index (χ0) is 19.9. The van der Waals surface area contributed by atoms with Crippen LogP contribution in [0.25, 0.3) is 11.3 Å². The summed E-state index contributed by atoms with van der Waals surface area (Å²) in [4.78, 5) is 2.49. The van der Waals surface area contributed by atoms with Crippen molar-refractivity contribution in [3.63, 3.8) is 0 Å². The number of ether oxygens (including phenoxy) is 3. The molecule has 1 aromatic heterocycles. The molecule has 158 valence electrons. The van der Waals surface area contributed by atoms with Gasteiger partial charge in [0.2, 0.25) is 0 Å². The summed E-state index contributed by atoms with van der Waals surface area (Å²) < 4.78 is 18.9. The van der Waals surface area contributed by atoms with Gasteiger partial charge in [0.25, 0.3) is 0 Å². The third kappa shape index (κ3) is 5.50. The van der Waals surface area contributed by atoms with Crippen molar-refractivity contribution in [3.05, 3.63) is 30.0 Å². The van der Waals surface area contributed by atoms with E-state index in [1.807, 2.05) is 17.8 Å². The fourth-order valence-electron chi connectivity index (χ4n) is 3.85. The van der Waals surface area contributed by atoms with Gasteiger partial charge in [-0.15, -0.1) is 0 Å². The number of nitrogens with one attached hydrogen (secondary N) is 1. The van der Waals surface area contributed by atoms with E-state index in [0.29, 0.717) is 13.2 Å². The predicted molar refractivity (Wildman–Crippen MR) is 112 cm³/mol. The van der Waals surface area contributed by atoms with Crippen molar-refractivity contribution >= 4 is 0 Å². The molecule has 3 heterocycles. The molecule has 2 aliphatic rings. The van der Waals surface area contributed by atoms with Gasteiger partial charge in [-0.1, -0.05) is 0 Å². The van der Waals surface area contributed by atoms with Crippen molar-refractivity contribution in [2.24, 2.45) is 7.05 Å². The molecule has 0 aliphatic carbocycles. The lowest BCUT2D eigenvalue weighted by atomic mass is 10.1. The lowest BCUT2D eigenvalue weighted by Gasteiger charge is -2.26. The Bertz CT molecular complexity index is 786. The molecular weight excluding hydrogens is 368 g/mol. The molecule has 7 heteroatoms. The number of unbranched alkanes of at least 4 members (excludes halogenated alkanes) is 1. The Morgan fingerprint density at radius 2 is 1.86 bits per heavy atom. The summed E-state index contributed by atoms with van der Waals surface area (Å²) >= 11 is 0. The standard InChI is InChI=1S/C22H32N4O3/c1-25-17-19(16-23-7-2-3-8-26-9-13-27-14-10-26)22(24-25)18-5-6-20-21(15-18)29-12-4-11-28-20/h5-6,15,17,23H,2-4,7-14,16H2,1H3. The largest absolute Gasteiger partial charge is 0.490 e. The van der Waals surface area contributed by atoms with Crippen LogP contribution in [0, 0.1) is 0 Å². The molecule has 0 amide bonds. The van der Waals surface area contributed by atoms with Gasteiger partial charge in [0.1, 0.15) is 0 Å². The number of benzene rings is 1. The number of aromatic nitrogens is 2. The number of morpholine rings is 1. The van der Waals surface area contributed by atoms with E-state index in [9.17, 15) is 0 Å². The monoisotopic (exact) mass is 400 g/mol. The summed E-state index contributed by atoms with van der Waals surface area (Å²) in [6, 6.07) is 6.12. The molecule has 29 heavy (non-hydrogen) atoms. The minimum Gasteiger partial charge on any atom is -0.490 e. The predicted octanol–water partition coefficient (Wildman–Crippen LogP) is 2.45.